The quantitative estimate of drug-likeness (QED) is 0.605. The maximum absolute atomic E-state index is 13.1. The van der Waals surface area contributed by atoms with Crippen LogP contribution in [0.4, 0.5) is 5.82 Å². The minimum Gasteiger partial charge on any atom is -0.495 e. The van der Waals surface area contributed by atoms with Crippen LogP contribution in [0.2, 0.25) is 0 Å². The Hall–Kier alpha value is -3.02. The first kappa shape index (κ1) is 24.6. The van der Waals surface area contributed by atoms with Crippen molar-refractivity contribution in [3.05, 3.63) is 47.7 Å². The van der Waals surface area contributed by atoms with Crippen molar-refractivity contribution >= 4 is 27.7 Å². The van der Waals surface area contributed by atoms with E-state index in [0.717, 1.165) is 5.56 Å². The molecule has 10 nitrogen and oxygen atoms in total. The van der Waals surface area contributed by atoms with Crippen LogP contribution >= 0.6 is 0 Å². The fourth-order valence-corrected chi connectivity index (χ4v) is 4.97. The highest BCUT2D eigenvalue weighted by atomic mass is 32.2. The summed E-state index contributed by atoms with van der Waals surface area (Å²) in [6.07, 6.45) is 1.52. The summed E-state index contributed by atoms with van der Waals surface area (Å²) in [6, 6.07) is 8.17. The summed E-state index contributed by atoms with van der Waals surface area (Å²) >= 11 is 0. The molecule has 0 aliphatic carbocycles. The topological polar surface area (TPSA) is 118 Å². The third kappa shape index (κ3) is 6.28. The molecular formula is C22H28N4O6S. The lowest BCUT2D eigenvalue weighted by atomic mass is 10.1. The maximum atomic E-state index is 13.1. The molecular weight excluding hydrogens is 448 g/mol. The summed E-state index contributed by atoms with van der Waals surface area (Å²) in [5.74, 6) is -0.0958. The first-order valence-electron chi connectivity index (χ1n) is 10.4. The lowest BCUT2D eigenvalue weighted by molar-refractivity contribution is -0.132. The number of hydrogen-bond acceptors (Lipinski definition) is 7. The Balaban J connectivity index is 1.68. The van der Waals surface area contributed by atoms with Gasteiger partial charge in [0.25, 0.3) is 0 Å². The molecule has 1 saturated heterocycles. The number of carbonyl (C=O) groups excluding carboxylic acids is 2. The molecule has 2 amide bonds. The molecule has 2 aromatic rings. The highest BCUT2D eigenvalue weighted by Gasteiger charge is 2.29. The van der Waals surface area contributed by atoms with Crippen molar-refractivity contribution in [2.24, 2.45) is 0 Å². The number of likely N-dealkylation sites (N-methyl/N-ethyl adjacent to an activating group) is 1. The fourth-order valence-electron chi connectivity index (χ4n) is 3.36. The van der Waals surface area contributed by atoms with Crippen molar-refractivity contribution < 1.29 is 27.5 Å². The van der Waals surface area contributed by atoms with Crippen LogP contribution in [0, 0.1) is 6.92 Å². The molecule has 1 aliphatic rings. The van der Waals surface area contributed by atoms with Crippen molar-refractivity contribution in [3.8, 4) is 5.75 Å². The summed E-state index contributed by atoms with van der Waals surface area (Å²) in [5, 5.41) is 2.66. The smallest absolute Gasteiger partial charge is 0.246 e. The van der Waals surface area contributed by atoms with E-state index in [2.05, 4.69) is 10.3 Å². The number of nitrogens with one attached hydrogen (secondary N) is 1. The molecule has 1 fully saturated rings. The number of aromatic nitrogens is 1. The summed E-state index contributed by atoms with van der Waals surface area (Å²) in [7, 11) is -0.897. The number of morpholine rings is 1. The van der Waals surface area contributed by atoms with Crippen LogP contribution in [0.5, 0.6) is 5.75 Å². The molecule has 0 unspecified atom stereocenters. The molecule has 0 saturated carbocycles. The van der Waals surface area contributed by atoms with E-state index in [4.69, 9.17) is 9.47 Å². The highest BCUT2D eigenvalue weighted by Crippen LogP contribution is 2.28. The molecule has 33 heavy (non-hydrogen) atoms. The van der Waals surface area contributed by atoms with Gasteiger partial charge in [0.1, 0.15) is 16.5 Å². The van der Waals surface area contributed by atoms with Gasteiger partial charge in [0.15, 0.2) is 0 Å². The Morgan fingerprint density at radius 3 is 2.61 bits per heavy atom. The molecule has 2 heterocycles. The average Bonchev–Trinajstić information content (AvgIpc) is 2.79. The molecule has 178 valence electrons. The van der Waals surface area contributed by atoms with E-state index in [1.165, 1.54) is 35.5 Å². The van der Waals surface area contributed by atoms with Crippen molar-refractivity contribution in [2.45, 2.75) is 18.2 Å². The number of aryl methyl sites for hydroxylation is 1. The molecule has 0 spiro atoms. The Kier molecular flexibility index (Phi) is 8.01. The van der Waals surface area contributed by atoms with Crippen molar-refractivity contribution in [3.63, 3.8) is 0 Å². The van der Waals surface area contributed by atoms with Crippen LogP contribution in [0.3, 0.4) is 0 Å². The van der Waals surface area contributed by atoms with E-state index in [1.54, 1.807) is 18.3 Å². The number of amides is 2. The molecule has 0 bridgehead atoms. The SMILES string of the molecule is COc1ccc(CC(=O)N(C)CC(=O)Nc2cc(C)ccn2)cc1S(=O)(=O)N1CCOCC1. The van der Waals surface area contributed by atoms with Gasteiger partial charge < -0.3 is 19.7 Å². The number of hydrogen-bond donors (Lipinski definition) is 1. The van der Waals surface area contributed by atoms with Crippen LogP contribution in [-0.2, 0) is 30.8 Å². The van der Waals surface area contributed by atoms with Crippen LogP contribution in [0.1, 0.15) is 11.1 Å². The van der Waals surface area contributed by atoms with E-state index in [-0.39, 0.29) is 48.5 Å². The van der Waals surface area contributed by atoms with Gasteiger partial charge in [-0.15, -0.1) is 0 Å². The number of carbonyl (C=O) groups is 2. The van der Waals surface area contributed by atoms with Gasteiger partial charge in [-0.25, -0.2) is 13.4 Å². The lowest BCUT2D eigenvalue weighted by Crippen LogP contribution is -2.40. The third-order valence-electron chi connectivity index (χ3n) is 5.16. The average molecular weight is 477 g/mol. The zero-order valence-corrected chi connectivity index (χ0v) is 19.7. The summed E-state index contributed by atoms with van der Waals surface area (Å²) in [5.41, 5.74) is 1.45. The number of benzene rings is 1. The van der Waals surface area contributed by atoms with Gasteiger partial charge >= 0.3 is 0 Å². The number of nitrogens with zero attached hydrogens (tertiary/aromatic N) is 3. The molecule has 0 radical (unpaired) electrons. The zero-order chi connectivity index (χ0) is 24.0. The second kappa shape index (κ2) is 10.7. The van der Waals surface area contributed by atoms with Gasteiger partial charge in [0.05, 0.1) is 33.3 Å². The molecule has 1 aromatic carbocycles. The minimum absolute atomic E-state index is 0.00289. The molecule has 3 rings (SSSR count). The number of pyridine rings is 1. The van der Waals surface area contributed by atoms with Gasteiger partial charge in [-0.05, 0) is 42.3 Å². The Morgan fingerprint density at radius 2 is 1.94 bits per heavy atom. The Morgan fingerprint density at radius 1 is 1.21 bits per heavy atom. The summed E-state index contributed by atoms with van der Waals surface area (Å²) in [6.45, 7) is 2.87. The standard InChI is InChI=1S/C22H28N4O6S/c1-16-6-7-23-20(12-16)24-21(27)15-25(2)22(28)14-17-4-5-18(31-3)19(13-17)33(29,30)26-8-10-32-11-9-26/h4-7,12-13H,8-11,14-15H2,1-3H3,(H,23,24,27). The van der Waals surface area contributed by atoms with Crippen LogP contribution in [-0.4, -0.2) is 81.4 Å². The molecule has 1 aliphatic heterocycles. The van der Waals surface area contributed by atoms with Crippen molar-refractivity contribution in [1.82, 2.24) is 14.2 Å². The maximum Gasteiger partial charge on any atom is 0.246 e. The minimum atomic E-state index is -3.81. The number of anilines is 1. The van der Waals surface area contributed by atoms with E-state index in [0.29, 0.717) is 24.6 Å². The van der Waals surface area contributed by atoms with Gasteiger partial charge in [-0.1, -0.05) is 6.07 Å². The lowest BCUT2D eigenvalue weighted by Gasteiger charge is -2.27. The monoisotopic (exact) mass is 476 g/mol. The normalized spacial score (nSPS) is 14.5. The zero-order valence-electron chi connectivity index (χ0n) is 18.9. The van der Waals surface area contributed by atoms with Crippen molar-refractivity contribution in [2.75, 3.05) is 52.3 Å². The largest absolute Gasteiger partial charge is 0.495 e. The molecule has 11 heteroatoms. The highest BCUT2D eigenvalue weighted by molar-refractivity contribution is 7.89. The number of rotatable bonds is 8. The number of methoxy groups -OCH3 is 1. The number of ether oxygens (including phenoxy) is 2. The van der Waals surface area contributed by atoms with Crippen LogP contribution in [0.15, 0.2) is 41.4 Å². The van der Waals surface area contributed by atoms with Gasteiger partial charge in [-0.3, -0.25) is 9.59 Å². The predicted molar refractivity (Wildman–Crippen MR) is 122 cm³/mol. The van der Waals surface area contributed by atoms with Gasteiger partial charge in [0.2, 0.25) is 21.8 Å². The fraction of sp³-hybridized carbons (Fsp3) is 0.409. The van der Waals surface area contributed by atoms with Crippen LogP contribution < -0.4 is 10.1 Å². The Labute approximate surface area is 193 Å². The summed E-state index contributed by atoms with van der Waals surface area (Å²) in [4.78, 5) is 30.3. The predicted octanol–water partition coefficient (Wildman–Crippen LogP) is 1.06. The second-order valence-corrected chi connectivity index (χ2v) is 9.60. The van der Waals surface area contributed by atoms with Gasteiger partial charge in [-0.2, -0.15) is 4.31 Å². The van der Waals surface area contributed by atoms with Crippen LogP contribution in [0.25, 0.3) is 0 Å². The van der Waals surface area contributed by atoms with Gasteiger partial charge in [0, 0.05) is 26.3 Å². The third-order valence-corrected chi connectivity index (χ3v) is 7.08. The molecule has 1 N–H and O–H groups in total. The first-order chi connectivity index (χ1) is 15.7. The second-order valence-electron chi connectivity index (χ2n) is 7.69. The Bertz CT molecular complexity index is 1120. The van der Waals surface area contributed by atoms with E-state index in [9.17, 15) is 18.0 Å². The first-order valence-corrected chi connectivity index (χ1v) is 11.9. The number of sulfonamides is 1. The molecule has 1 aromatic heterocycles. The van der Waals surface area contributed by atoms with E-state index >= 15 is 0 Å². The summed E-state index contributed by atoms with van der Waals surface area (Å²) < 4.78 is 38.1. The van der Waals surface area contributed by atoms with E-state index in [1.807, 2.05) is 13.0 Å². The molecule has 0 atom stereocenters. The van der Waals surface area contributed by atoms with Crippen molar-refractivity contribution in [1.29, 1.82) is 0 Å². The van der Waals surface area contributed by atoms with E-state index < -0.39 is 10.0 Å².